The van der Waals surface area contributed by atoms with Crippen molar-refractivity contribution in [3.8, 4) is 0 Å². The Balaban J connectivity index is 0.000000433. The van der Waals surface area contributed by atoms with Gasteiger partial charge in [-0.25, -0.2) is 0 Å². The number of alkyl halides is 1. The van der Waals surface area contributed by atoms with Crippen molar-refractivity contribution in [3.63, 3.8) is 0 Å². The van der Waals surface area contributed by atoms with Crippen LogP contribution >= 0.6 is 23.5 Å². The third-order valence-electron chi connectivity index (χ3n) is 2.64. The Morgan fingerprint density at radius 2 is 1.73 bits per heavy atom. The normalized spacial score (nSPS) is 10.9. The first-order chi connectivity index (χ1) is 10.5. The van der Waals surface area contributed by atoms with Crippen molar-refractivity contribution in [3.05, 3.63) is 35.9 Å². The number of hydrogen-bond acceptors (Lipinski definition) is 3. The van der Waals surface area contributed by atoms with Crippen LogP contribution in [0.25, 0.3) is 0 Å². The van der Waals surface area contributed by atoms with Crippen molar-refractivity contribution >= 4 is 23.5 Å². The van der Waals surface area contributed by atoms with Crippen molar-refractivity contribution in [2.24, 2.45) is 0 Å². The van der Waals surface area contributed by atoms with Crippen LogP contribution in [0.1, 0.15) is 31.2 Å². The van der Waals surface area contributed by atoms with Gasteiger partial charge >= 0.3 is 7.60 Å². The maximum Gasteiger partial charge on any atom is 0.325 e. The van der Waals surface area contributed by atoms with Gasteiger partial charge < -0.3 is 19.6 Å². The van der Waals surface area contributed by atoms with E-state index in [0.29, 0.717) is 12.8 Å². The van der Waals surface area contributed by atoms with Gasteiger partial charge in [-0.05, 0) is 31.2 Å². The van der Waals surface area contributed by atoms with Crippen molar-refractivity contribution < 1.29 is 24.2 Å². The summed E-state index contributed by atoms with van der Waals surface area (Å²) >= 11 is 3.39. The lowest BCUT2D eigenvalue weighted by atomic mass is 10.2. The lowest BCUT2D eigenvalue weighted by Gasteiger charge is -2.02. The summed E-state index contributed by atoms with van der Waals surface area (Å²) in [6.45, 7) is 1.60. The van der Waals surface area contributed by atoms with E-state index in [1.165, 1.54) is 12.0 Å². The summed E-state index contributed by atoms with van der Waals surface area (Å²) in [6.07, 6.45) is 3.06. The molecule has 0 spiro atoms. The first-order valence-electron chi connectivity index (χ1n) is 7.32. The molecule has 1 aromatic carbocycles. The van der Waals surface area contributed by atoms with Gasteiger partial charge in [0.2, 0.25) is 0 Å². The number of benzene rings is 1. The molecule has 1 rings (SSSR count). The lowest BCUT2D eigenvalue weighted by Crippen LogP contribution is -1.95. The molecule has 0 aliphatic carbocycles. The quantitative estimate of drug-likeness (QED) is 0.320. The van der Waals surface area contributed by atoms with E-state index in [0.717, 1.165) is 25.0 Å². The number of rotatable bonds is 10. The fourth-order valence-electron chi connectivity index (χ4n) is 1.49. The molecule has 22 heavy (non-hydrogen) atoms. The molecule has 0 saturated heterocycles. The Morgan fingerprint density at radius 1 is 1.05 bits per heavy atom. The van der Waals surface area contributed by atoms with Crippen molar-refractivity contribution in [2.45, 2.75) is 32.3 Å². The highest BCUT2D eigenvalue weighted by atomic mass is 79.9. The second-order valence-corrected chi connectivity index (χ2v) is 7.32. The summed E-state index contributed by atoms with van der Waals surface area (Å²) in [5.41, 5.74) is 1.25. The topological polar surface area (TPSA) is 87.0 Å². The predicted octanol–water partition coefficient (Wildman–Crippen LogP) is 3.31. The Kier molecular flexibility index (Phi) is 14.2. The van der Waals surface area contributed by atoms with Gasteiger partial charge in [0, 0.05) is 24.7 Å². The minimum Gasteiger partial charge on any atom is -0.396 e. The van der Waals surface area contributed by atoms with Crippen LogP contribution in [0, 0.1) is 0 Å². The molecule has 0 aromatic heterocycles. The molecule has 0 aliphatic heterocycles. The minimum absolute atomic E-state index is 0. The van der Waals surface area contributed by atoms with E-state index < -0.39 is 7.60 Å². The second-order valence-electron chi connectivity index (χ2n) is 4.75. The highest BCUT2D eigenvalue weighted by Crippen LogP contribution is 2.35. The predicted molar refractivity (Wildman–Crippen MR) is 92.4 cm³/mol. The van der Waals surface area contributed by atoms with E-state index in [1.54, 1.807) is 0 Å². The molecule has 0 amide bonds. The fourth-order valence-corrected chi connectivity index (χ4v) is 2.52. The molecule has 5 nitrogen and oxygen atoms in total. The van der Waals surface area contributed by atoms with Gasteiger partial charge in [-0.3, -0.25) is 4.57 Å². The van der Waals surface area contributed by atoms with Gasteiger partial charge in [-0.2, -0.15) is 0 Å². The highest BCUT2D eigenvalue weighted by Gasteiger charge is 2.10. The molecule has 1 aromatic rings. The summed E-state index contributed by atoms with van der Waals surface area (Å²) in [7, 11) is -3.81. The third kappa shape index (κ3) is 16.1. The maximum atomic E-state index is 10.1. The Hall–Kier alpha value is -0.230. The van der Waals surface area contributed by atoms with E-state index in [-0.39, 0.29) is 12.8 Å². The lowest BCUT2D eigenvalue weighted by molar-refractivity contribution is 0.118. The van der Waals surface area contributed by atoms with E-state index in [1.807, 2.05) is 18.2 Å². The molecule has 0 atom stereocenters. The number of hydrogen-bond donors (Lipinski definition) is 3. The van der Waals surface area contributed by atoms with Crippen LogP contribution < -0.4 is 0 Å². The Labute approximate surface area is 141 Å². The molecule has 0 unspecified atom stereocenters. The molecule has 0 heterocycles. The Morgan fingerprint density at radius 3 is 2.27 bits per heavy atom. The number of unbranched alkanes of at least 4 members (excludes halogenated alkanes) is 2. The average molecular weight is 397 g/mol. The molecule has 128 valence electrons. The number of aliphatic hydroxyl groups excluding tert-OH is 1. The first-order valence-corrected chi connectivity index (χ1v) is 10.2. The standard InChI is InChI=1S/C11H15BrO.C4H11O4P/c12-8-4-5-9-13-10-11-6-2-1-3-7-11;5-3-1-2-4-9(6,7)8/h1-3,6-7H,4-5,8-10H2;5H,1-4H2,(H2,6,7,8). The summed E-state index contributed by atoms with van der Waals surface area (Å²) < 4.78 is 15.6. The van der Waals surface area contributed by atoms with Crippen LogP contribution in [0.4, 0.5) is 0 Å². The van der Waals surface area contributed by atoms with E-state index in [9.17, 15) is 4.57 Å². The van der Waals surface area contributed by atoms with Crippen LogP contribution in [0.3, 0.4) is 0 Å². The van der Waals surface area contributed by atoms with Gasteiger partial charge in [0.1, 0.15) is 0 Å². The summed E-state index contributed by atoms with van der Waals surface area (Å²) in [5, 5.41) is 9.28. The zero-order valence-electron chi connectivity index (χ0n) is 12.7. The van der Waals surface area contributed by atoms with E-state index in [4.69, 9.17) is 19.6 Å². The number of halogens is 1. The first kappa shape index (κ1) is 21.8. The molecule has 0 radical (unpaired) electrons. The molecule has 0 fully saturated rings. The molecule has 3 N–H and O–H groups in total. The SMILES string of the molecule is BrCCCCOCc1ccccc1.O=P(O)(O)CCCCO. The molecule has 7 heteroatoms. The number of ether oxygens (including phenoxy) is 1. The Bertz CT molecular complexity index is 396. The molecule has 0 saturated carbocycles. The molecular weight excluding hydrogens is 371 g/mol. The van der Waals surface area contributed by atoms with Crippen molar-refractivity contribution in [1.29, 1.82) is 0 Å². The molecular formula is C15H26BrO5P. The highest BCUT2D eigenvalue weighted by molar-refractivity contribution is 9.09. The zero-order chi connectivity index (χ0) is 16.7. The summed E-state index contributed by atoms with van der Waals surface area (Å²) in [4.78, 5) is 16.5. The van der Waals surface area contributed by atoms with Crippen molar-refractivity contribution in [1.82, 2.24) is 0 Å². The van der Waals surface area contributed by atoms with E-state index in [2.05, 4.69) is 28.1 Å². The second kappa shape index (κ2) is 14.4. The smallest absolute Gasteiger partial charge is 0.325 e. The summed E-state index contributed by atoms with van der Waals surface area (Å²) in [6, 6.07) is 10.3. The van der Waals surface area contributed by atoms with Gasteiger partial charge in [-0.15, -0.1) is 0 Å². The van der Waals surface area contributed by atoms with Crippen LogP contribution in [0.5, 0.6) is 0 Å². The maximum absolute atomic E-state index is 10.1. The minimum atomic E-state index is -3.81. The van der Waals surface area contributed by atoms with Crippen molar-refractivity contribution in [2.75, 3.05) is 24.7 Å². The van der Waals surface area contributed by atoms with Crippen LogP contribution in [-0.4, -0.2) is 39.6 Å². The van der Waals surface area contributed by atoms with Gasteiger partial charge in [0.05, 0.1) is 6.61 Å². The monoisotopic (exact) mass is 396 g/mol. The zero-order valence-corrected chi connectivity index (χ0v) is 15.2. The average Bonchev–Trinajstić information content (AvgIpc) is 2.48. The molecule has 0 bridgehead atoms. The fraction of sp³-hybridized carbons (Fsp3) is 0.600. The summed E-state index contributed by atoms with van der Waals surface area (Å²) in [5.74, 6) is 0. The van der Waals surface area contributed by atoms with Gasteiger partial charge in [0.25, 0.3) is 0 Å². The van der Waals surface area contributed by atoms with Gasteiger partial charge in [0.15, 0.2) is 0 Å². The largest absolute Gasteiger partial charge is 0.396 e. The van der Waals surface area contributed by atoms with Crippen LogP contribution in [0.2, 0.25) is 0 Å². The molecule has 0 aliphatic rings. The van der Waals surface area contributed by atoms with Gasteiger partial charge in [-0.1, -0.05) is 46.3 Å². The van der Waals surface area contributed by atoms with Crippen LogP contribution in [0.15, 0.2) is 30.3 Å². The van der Waals surface area contributed by atoms with E-state index >= 15 is 0 Å². The van der Waals surface area contributed by atoms with Crippen LogP contribution in [-0.2, 0) is 15.9 Å². The third-order valence-corrected chi connectivity index (χ3v) is 4.10. The number of aliphatic hydroxyl groups is 1.